The van der Waals surface area contributed by atoms with Crippen LogP contribution in [0.1, 0.15) is 26.7 Å². The van der Waals surface area contributed by atoms with Crippen molar-refractivity contribution in [2.24, 2.45) is 0 Å². The highest BCUT2D eigenvalue weighted by Crippen LogP contribution is 2.35. The maximum absolute atomic E-state index is 11.7. The van der Waals surface area contributed by atoms with Crippen LogP contribution in [-0.2, 0) is 9.53 Å². The number of aliphatic carboxylic acids is 1. The number of hydrogen-bond acceptors (Lipinski definition) is 3. The maximum Gasteiger partial charge on any atom is 0.329 e. The van der Waals surface area contributed by atoms with Gasteiger partial charge in [0.25, 0.3) is 0 Å². The fourth-order valence-corrected chi connectivity index (χ4v) is 2.65. The van der Waals surface area contributed by atoms with Gasteiger partial charge in [0, 0.05) is 23.6 Å². The van der Waals surface area contributed by atoms with Crippen molar-refractivity contribution in [1.29, 1.82) is 0 Å². The van der Waals surface area contributed by atoms with Crippen LogP contribution in [0.5, 0.6) is 0 Å². The Morgan fingerprint density at radius 3 is 2.53 bits per heavy atom. The van der Waals surface area contributed by atoms with Crippen molar-refractivity contribution in [3.63, 3.8) is 0 Å². The molecule has 0 bridgehead atoms. The van der Waals surface area contributed by atoms with Gasteiger partial charge < -0.3 is 15.2 Å². The van der Waals surface area contributed by atoms with E-state index in [0.717, 1.165) is 5.69 Å². The van der Waals surface area contributed by atoms with Crippen molar-refractivity contribution in [3.8, 4) is 0 Å². The molecule has 1 aromatic rings. The quantitative estimate of drug-likeness (QED) is 0.894. The number of nitrogens with one attached hydrogen (secondary N) is 1. The van der Waals surface area contributed by atoms with E-state index in [1.165, 1.54) is 0 Å². The predicted molar refractivity (Wildman–Crippen MR) is 74.7 cm³/mol. The van der Waals surface area contributed by atoms with Gasteiger partial charge >= 0.3 is 5.97 Å². The summed E-state index contributed by atoms with van der Waals surface area (Å²) in [5.41, 5.74) is -0.685. The molecule has 104 valence electrons. The molecule has 0 aliphatic carbocycles. The minimum Gasteiger partial charge on any atom is -0.480 e. The minimum atomic E-state index is -0.990. The second-order valence-corrected chi connectivity index (χ2v) is 5.99. The molecule has 0 radical (unpaired) electrons. The summed E-state index contributed by atoms with van der Waals surface area (Å²) in [6.45, 7) is 4.25. The zero-order valence-electron chi connectivity index (χ0n) is 11.1. The number of anilines is 1. The van der Waals surface area contributed by atoms with Crippen molar-refractivity contribution in [1.82, 2.24) is 0 Å². The van der Waals surface area contributed by atoms with Gasteiger partial charge in [-0.1, -0.05) is 11.6 Å². The molecular weight excluding hydrogens is 266 g/mol. The number of carbonyl (C=O) groups is 1. The molecule has 1 fully saturated rings. The van der Waals surface area contributed by atoms with Gasteiger partial charge in [-0.2, -0.15) is 0 Å². The predicted octanol–water partition coefficient (Wildman–Crippen LogP) is 3.16. The minimum absolute atomic E-state index is 0.415. The first-order valence-electron chi connectivity index (χ1n) is 6.24. The number of ether oxygens (including phenoxy) is 1. The highest BCUT2D eigenvalue weighted by molar-refractivity contribution is 6.30. The lowest BCUT2D eigenvalue weighted by atomic mass is 9.81. The van der Waals surface area contributed by atoms with E-state index in [-0.39, 0.29) is 0 Å². The molecule has 0 saturated carbocycles. The summed E-state index contributed by atoms with van der Waals surface area (Å²) in [4.78, 5) is 11.7. The molecule has 2 rings (SSSR count). The topological polar surface area (TPSA) is 58.6 Å². The lowest BCUT2D eigenvalue weighted by Crippen LogP contribution is -2.55. The van der Waals surface area contributed by atoms with Crippen LogP contribution in [0.15, 0.2) is 24.3 Å². The largest absolute Gasteiger partial charge is 0.480 e. The van der Waals surface area contributed by atoms with Gasteiger partial charge in [0.1, 0.15) is 5.54 Å². The molecule has 4 nitrogen and oxygen atoms in total. The SMILES string of the molecule is CC1(C)CC(Nc2ccc(Cl)cc2)(C(=O)O)CCO1. The van der Waals surface area contributed by atoms with Crippen molar-refractivity contribution < 1.29 is 14.6 Å². The Labute approximate surface area is 117 Å². The molecule has 2 N–H and O–H groups in total. The third-order valence-electron chi connectivity index (χ3n) is 3.39. The van der Waals surface area contributed by atoms with E-state index < -0.39 is 17.1 Å². The standard InChI is InChI=1S/C14H18ClNO3/c1-13(2)9-14(12(17)18,7-8-19-13)16-11-5-3-10(15)4-6-11/h3-6,16H,7-9H2,1-2H3,(H,17,18). The average molecular weight is 284 g/mol. The summed E-state index contributed by atoms with van der Waals surface area (Å²) in [6.07, 6.45) is 0.854. The molecule has 1 atom stereocenters. The van der Waals surface area contributed by atoms with Gasteiger partial charge in [0.15, 0.2) is 0 Å². The molecular formula is C14H18ClNO3. The van der Waals surface area contributed by atoms with Crippen molar-refractivity contribution in [2.75, 3.05) is 11.9 Å². The molecule has 1 unspecified atom stereocenters. The Hall–Kier alpha value is -1.26. The molecule has 0 aromatic heterocycles. The fourth-order valence-electron chi connectivity index (χ4n) is 2.52. The van der Waals surface area contributed by atoms with E-state index in [1.807, 2.05) is 13.8 Å². The second-order valence-electron chi connectivity index (χ2n) is 5.55. The zero-order valence-corrected chi connectivity index (χ0v) is 11.8. The van der Waals surface area contributed by atoms with E-state index >= 15 is 0 Å². The van der Waals surface area contributed by atoms with Crippen molar-refractivity contribution in [3.05, 3.63) is 29.3 Å². The van der Waals surface area contributed by atoms with Crippen molar-refractivity contribution >= 4 is 23.3 Å². The third kappa shape index (κ3) is 3.19. The second kappa shape index (κ2) is 5.02. The van der Waals surface area contributed by atoms with Crippen LogP contribution in [-0.4, -0.2) is 28.8 Å². The molecule has 1 heterocycles. The highest BCUT2D eigenvalue weighted by Gasteiger charge is 2.46. The van der Waals surface area contributed by atoms with Crippen molar-refractivity contribution in [2.45, 2.75) is 37.8 Å². The zero-order chi connectivity index (χ0) is 14.1. The number of halogens is 1. The Kier molecular flexibility index (Phi) is 3.74. The first-order valence-corrected chi connectivity index (χ1v) is 6.62. The molecule has 0 amide bonds. The average Bonchev–Trinajstić information content (AvgIpc) is 2.31. The van der Waals surface area contributed by atoms with Gasteiger partial charge in [-0.3, -0.25) is 0 Å². The van der Waals surface area contributed by atoms with Gasteiger partial charge in [-0.15, -0.1) is 0 Å². The van der Waals surface area contributed by atoms with Gasteiger partial charge in [0.05, 0.1) is 12.2 Å². The molecule has 5 heteroatoms. The van der Waals surface area contributed by atoms with Gasteiger partial charge in [-0.25, -0.2) is 4.79 Å². The van der Waals surface area contributed by atoms with Crippen LogP contribution in [0.25, 0.3) is 0 Å². The maximum atomic E-state index is 11.7. The lowest BCUT2D eigenvalue weighted by molar-refractivity contribution is -0.152. The van der Waals surface area contributed by atoms with E-state index in [4.69, 9.17) is 16.3 Å². The van der Waals surface area contributed by atoms with E-state index in [2.05, 4.69) is 5.32 Å². The Morgan fingerprint density at radius 1 is 1.37 bits per heavy atom. The monoisotopic (exact) mass is 283 g/mol. The number of benzene rings is 1. The normalized spacial score (nSPS) is 25.8. The molecule has 0 spiro atoms. The molecule has 1 aliphatic rings. The molecule has 1 aliphatic heterocycles. The Bertz CT molecular complexity index is 472. The number of carboxylic acid groups (broad SMARTS) is 1. The summed E-state index contributed by atoms with van der Waals surface area (Å²) in [6, 6.07) is 7.05. The van der Waals surface area contributed by atoms with Crippen LogP contribution in [0, 0.1) is 0 Å². The highest BCUT2D eigenvalue weighted by atomic mass is 35.5. The summed E-state index contributed by atoms with van der Waals surface area (Å²) in [5.74, 6) is -0.848. The molecule has 1 saturated heterocycles. The first-order chi connectivity index (χ1) is 8.83. The summed E-state index contributed by atoms with van der Waals surface area (Å²) < 4.78 is 5.60. The van der Waals surface area contributed by atoms with E-state index in [1.54, 1.807) is 24.3 Å². The summed E-state index contributed by atoms with van der Waals surface area (Å²) in [5, 5.41) is 13.4. The number of carboxylic acids is 1. The Balaban J connectivity index is 2.25. The summed E-state index contributed by atoms with van der Waals surface area (Å²) in [7, 11) is 0. The van der Waals surface area contributed by atoms with Crippen LogP contribution in [0.2, 0.25) is 5.02 Å². The van der Waals surface area contributed by atoms with Crippen LogP contribution in [0.3, 0.4) is 0 Å². The number of hydrogen-bond donors (Lipinski definition) is 2. The Morgan fingerprint density at radius 2 is 2.00 bits per heavy atom. The van der Waals surface area contributed by atoms with E-state index in [0.29, 0.717) is 24.5 Å². The van der Waals surface area contributed by atoms with E-state index in [9.17, 15) is 9.90 Å². The molecule has 1 aromatic carbocycles. The van der Waals surface area contributed by atoms with Gasteiger partial charge in [0.2, 0.25) is 0 Å². The number of rotatable bonds is 3. The summed E-state index contributed by atoms with van der Waals surface area (Å²) >= 11 is 5.83. The van der Waals surface area contributed by atoms with Crippen LogP contribution in [0.4, 0.5) is 5.69 Å². The van der Waals surface area contributed by atoms with Gasteiger partial charge in [-0.05, 0) is 38.1 Å². The molecule has 19 heavy (non-hydrogen) atoms. The third-order valence-corrected chi connectivity index (χ3v) is 3.64. The van der Waals surface area contributed by atoms with Crippen LogP contribution >= 0.6 is 11.6 Å². The smallest absolute Gasteiger partial charge is 0.329 e. The van der Waals surface area contributed by atoms with Crippen LogP contribution < -0.4 is 5.32 Å². The fraction of sp³-hybridized carbons (Fsp3) is 0.500. The first kappa shape index (κ1) is 14.2. The lowest BCUT2D eigenvalue weighted by Gasteiger charge is -2.43.